The van der Waals surface area contributed by atoms with E-state index < -0.39 is 0 Å². The van der Waals surface area contributed by atoms with Gasteiger partial charge in [-0.25, -0.2) is 0 Å². The Morgan fingerprint density at radius 3 is 2.53 bits per heavy atom. The predicted molar refractivity (Wildman–Crippen MR) is 70.8 cm³/mol. The molecule has 0 spiro atoms. The molecule has 1 heterocycles. The van der Waals surface area contributed by atoms with Crippen molar-refractivity contribution in [3.8, 4) is 0 Å². The maximum absolute atomic E-state index is 9.83. The lowest BCUT2D eigenvalue weighted by Crippen LogP contribution is -2.63. The average Bonchev–Trinajstić information content (AvgIpc) is 2.31. The van der Waals surface area contributed by atoms with Gasteiger partial charge in [0, 0.05) is 18.6 Å². The van der Waals surface area contributed by atoms with E-state index in [0.29, 0.717) is 12.0 Å². The van der Waals surface area contributed by atoms with Crippen molar-refractivity contribution in [1.29, 1.82) is 0 Å². The lowest BCUT2D eigenvalue weighted by molar-refractivity contribution is -0.0954. The molecule has 0 aromatic heterocycles. The number of rotatable bonds is 3. The summed E-state index contributed by atoms with van der Waals surface area (Å²) < 4.78 is 0. The second-order valence-electron chi connectivity index (χ2n) is 6.48. The van der Waals surface area contributed by atoms with Crippen molar-refractivity contribution in [3.05, 3.63) is 0 Å². The van der Waals surface area contributed by atoms with Crippen LogP contribution in [0.4, 0.5) is 0 Å². The van der Waals surface area contributed by atoms with Gasteiger partial charge in [-0.2, -0.15) is 0 Å². The Morgan fingerprint density at radius 1 is 1.18 bits per heavy atom. The van der Waals surface area contributed by atoms with Gasteiger partial charge in [0.2, 0.25) is 0 Å². The number of hydrogen-bond donors (Lipinski definition) is 2. The van der Waals surface area contributed by atoms with E-state index in [0.717, 1.165) is 13.1 Å². The molecule has 100 valence electrons. The minimum atomic E-state index is -0.365. The topological polar surface area (TPSA) is 49.5 Å². The number of β-amino-alcohol motifs (C(OH)–C–C–N with tert-alkyl or cyclic N) is 1. The molecule has 3 nitrogen and oxygen atoms in total. The third-order valence-corrected chi connectivity index (χ3v) is 5.50. The van der Waals surface area contributed by atoms with Crippen molar-refractivity contribution >= 4 is 0 Å². The molecule has 1 aliphatic heterocycles. The maximum Gasteiger partial charge on any atom is 0.0789 e. The molecule has 2 aliphatic rings. The standard InChI is InChI=1S/C14H28N2O/c1-13-6-3-4-8-14(13,2)16(9-5-7-13)11-12(17)10-15/h12,17H,3-11,15H2,1-2H3/t12-,13?,14?/m0/s1. The number of aliphatic hydroxyl groups excluding tert-OH is 1. The molecule has 0 radical (unpaired) electrons. The summed E-state index contributed by atoms with van der Waals surface area (Å²) in [5, 5.41) is 9.83. The highest BCUT2D eigenvalue weighted by atomic mass is 16.3. The van der Waals surface area contributed by atoms with Crippen LogP contribution < -0.4 is 5.73 Å². The smallest absolute Gasteiger partial charge is 0.0789 e. The van der Waals surface area contributed by atoms with Crippen molar-refractivity contribution in [2.75, 3.05) is 19.6 Å². The number of hydrogen-bond acceptors (Lipinski definition) is 3. The molecule has 3 atom stereocenters. The fourth-order valence-electron chi connectivity index (χ4n) is 4.02. The third-order valence-electron chi connectivity index (χ3n) is 5.50. The molecule has 0 amide bonds. The molecule has 1 saturated heterocycles. The monoisotopic (exact) mass is 240 g/mol. The molecular weight excluding hydrogens is 212 g/mol. The first-order valence-corrected chi connectivity index (χ1v) is 7.15. The lowest BCUT2D eigenvalue weighted by atomic mass is 9.58. The highest BCUT2D eigenvalue weighted by molar-refractivity contribution is 5.06. The van der Waals surface area contributed by atoms with Crippen molar-refractivity contribution in [3.63, 3.8) is 0 Å². The summed E-state index contributed by atoms with van der Waals surface area (Å²) in [5.41, 5.74) is 6.28. The van der Waals surface area contributed by atoms with Gasteiger partial charge in [-0.05, 0) is 44.6 Å². The van der Waals surface area contributed by atoms with Gasteiger partial charge in [0.15, 0.2) is 0 Å². The molecule has 0 bridgehead atoms. The van der Waals surface area contributed by atoms with E-state index in [-0.39, 0.29) is 11.6 Å². The molecule has 3 heteroatoms. The number of piperidine rings is 1. The van der Waals surface area contributed by atoms with Gasteiger partial charge in [-0.3, -0.25) is 4.90 Å². The first kappa shape index (κ1) is 13.3. The Hall–Kier alpha value is -0.120. The van der Waals surface area contributed by atoms with Gasteiger partial charge in [0.1, 0.15) is 0 Å². The number of fused-ring (bicyclic) bond motifs is 1. The van der Waals surface area contributed by atoms with E-state index in [9.17, 15) is 5.11 Å². The minimum Gasteiger partial charge on any atom is -0.390 e. The lowest BCUT2D eigenvalue weighted by Gasteiger charge is -2.59. The number of likely N-dealkylation sites (tertiary alicyclic amines) is 1. The highest BCUT2D eigenvalue weighted by Gasteiger charge is 2.51. The molecule has 2 rings (SSSR count). The zero-order valence-corrected chi connectivity index (χ0v) is 11.4. The summed E-state index contributed by atoms with van der Waals surface area (Å²) in [5.74, 6) is 0. The van der Waals surface area contributed by atoms with Crippen LogP contribution in [0.15, 0.2) is 0 Å². The van der Waals surface area contributed by atoms with Gasteiger partial charge in [-0.1, -0.05) is 19.8 Å². The number of aliphatic hydroxyl groups is 1. The summed E-state index contributed by atoms with van der Waals surface area (Å²) >= 11 is 0. The van der Waals surface area contributed by atoms with Gasteiger partial charge in [0.05, 0.1) is 6.10 Å². The van der Waals surface area contributed by atoms with Crippen LogP contribution in [0.3, 0.4) is 0 Å². The normalized spacial score (nSPS) is 40.9. The van der Waals surface area contributed by atoms with Gasteiger partial charge < -0.3 is 10.8 Å². The number of nitrogens with zero attached hydrogens (tertiary/aromatic N) is 1. The summed E-state index contributed by atoms with van der Waals surface area (Å²) in [7, 11) is 0. The molecule has 2 fully saturated rings. The Morgan fingerprint density at radius 2 is 1.82 bits per heavy atom. The summed E-state index contributed by atoms with van der Waals surface area (Å²) in [6.07, 6.45) is 7.58. The Labute approximate surface area is 105 Å². The molecule has 0 aromatic carbocycles. The van der Waals surface area contributed by atoms with Crippen LogP contribution in [0.1, 0.15) is 52.4 Å². The van der Waals surface area contributed by atoms with Crippen LogP contribution >= 0.6 is 0 Å². The molecule has 2 unspecified atom stereocenters. The van der Waals surface area contributed by atoms with Crippen LogP contribution in [-0.2, 0) is 0 Å². The fourth-order valence-corrected chi connectivity index (χ4v) is 4.02. The minimum absolute atomic E-state index is 0.277. The largest absolute Gasteiger partial charge is 0.390 e. The van der Waals surface area contributed by atoms with Crippen molar-refractivity contribution in [1.82, 2.24) is 4.90 Å². The van der Waals surface area contributed by atoms with Gasteiger partial charge in [-0.15, -0.1) is 0 Å². The molecule has 0 aromatic rings. The van der Waals surface area contributed by atoms with E-state index in [1.807, 2.05) is 0 Å². The quantitative estimate of drug-likeness (QED) is 0.790. The van der Waals surface area contributed by atoms with E-state index in [1.165, 1.54) is 38.5 Å². The van der Waals surface area contributed by atoms with Crippen LogP contribution in [0.25, 0.3) is 0 Å². The Kier molecular flexibility index (Phi) is 3.81. The second-order valence-corrected chi connectivity index (χ2v) is 6.48. The first-order chi connectivity index (χ1) is 8.02. The Balaban J connectivity index is 2.15. The maximum atomic E-state index is 9.83. The molecule has 1 aliphatic carbocycles. The van der Waals surface area contributed by atoms with Crippen LogP contribution in [-0.4, -0.2) is 41.3 Å². The first-order valence-electron chi connectivity index (χ1n) is 7.15. The van der Waals surface area contributed by atoms with E-state index in [2.05, 4.69) is 18.7 Å². The highest BCUT2D eigenvalue weighted by Crippen LogP contribution is 2.52. The van der Waals surface area contributed by atoms with Crippen molar-refractivity contribution in [2.24, 2.45) is 11.1 Å². The molecule has 3 N–H and O–H groups in total. The van der Waals surface area contributed by atoms with E-state index in [1.54, 1.807) is 0 Å². The predicted octanol–water partition coefficient (Wildman–Crippen LogP) is 1.74. The zero-order chi connectivity index (χ0) is 12.5. The van der Waals surface area contributed by atoms with Crippen LogP contribution in [0.2, 0.25) is 0 Å². The van der Waals surface area contributed by atoms with E-state index in [4.69, 9.17) is 5.73 Å². The average molecular weight is 240 g/mol. The third kappa shape index (κ3) is 2.25. The SMILES string of the molecule is CC12CCCCC1(C)N(C[C@@H](O)CN)CCC2. The van der Waals surface area contributed by atoms with Crippen molar-refractivity contribution < 1.29 is 5.11 Å². The zero-order valence-electron chi connectivity index (χ0n) is 11.4. The second kappa shape index (κ2) is 4.87. The molecular formula is C14H28N2O. The van der Waals surface area contributed by atoms with Crippen LogP contribution in [0, 0.1) is 5.41 Å². The van der Waals surface area contributed by atoms with Crippen molar-refractivity contribution in [2.45, 2.75) is 64.0 Å². The van der Waals surface area contributed by atoms with Crippen LogP contribution in [0.5, 0.6) is 0 Å². The van der Waals surface area contributed by atoms with Gasteiger partial charge in [0.25, 0.3) is 0 Å². The van der Waals surface area contributed by atoms with Gasteiger partial charge >= 0.3 is 0 Å². The Bertz CT molecular complexity index is 267. The summed E-state index contributed by atoms with van der Waals surface area (Å²) in [4.78, 5) is 2.52. The molecule has 17 heavy (non-hydrogen) atoms. The number of nitrogens with two attached hydrogens (primary N) is 1. The molecule has 1 saturated carbocycles. The fraction of sp³-hybridized carbons (Fsp3) is 1.00. The summed E-state index contributed by atoms with van der Waals surface area (Å²) in [6.45, 7) is 7.12. The van der Waals surface area contributed by atoms with E-state index >= 15 is 0 Å². The summed E-state index contributed by atoms with van der Waals surface area (Å²) in [6, 6.07) is 0.